The second-order valence-electron chi connectivity index (χ2n) is 6.60. The molecule has 4 nitrogen and oxygen atoms in total. The molecule has 1 aliphatic rings. The van der Waals surface area contributed by atoms with E-state index in [1.54, 1.807) is 0 Å². The Bertz CT molecular complexity index is 532. The van der Waals surface area contributed by atoms with E-state index in [9.17, 15) is 14.7 Å². The van der Waals surface area contributed by atoms with Crippen LogP contribution in [0.5, 0.6) is 0 Å². The Hall–Kier alpha value is 0.160. The van der Waals surface area contributed by atoms with Crippen molar-refractivity contribution >= 4 is 71.1 Å². The van der Waals surface area contributed by atoms with Crippen molar-refractivity contribution in [2.45, 2.75) is 59.3 Å². The van der Waals surface area contributed by atoms with Crippen LogP contribution < -0.4 is 0 Å². The predicted octanol–water partition coefficient (Wildman–Crippen LogP) is 3.82. The van der Waals surface area contributed by atoms with Gasteiger partial charge in [-0.05, 0) is 59.3 Å². The molecular weight excluding hydrogens is 338 g/mol. The SMILES string of the molecule is CC(C)=CCCC(C)=CCCC1=CCC(C(=O)O)C(C(=O)O)C1.[Na].[Na]. The molecular formula is C19H28Na2O4. The Kier molecular flexibility index (Phi) is 15.6. The van der Waals surface area contributed by atoms with Crippen LogP contribution in [0.1, 0.15) is 59.3 Å². The maximum Gasteiger partial charge on any atom is 0.307 e. The molecule has 0 bridgehead atoms. The normalized spacial score (nSPS) is 19.8. The van der Waals surface area contributed by atoms with E-state index in [-0.39, 0.29) is 59.1 Å². The molecule has 1 rings (SSSR count). The number of rotatable bonds is 8. The van der Waals surface area contributed by atoms with Crippen molar-refractivity contribution < 1.29 is 19.8 Å². The van der Waals surface area contributed by atoms with Gasteiger partial charge in [0.05, 0.1) is 11.8 Å². The fraction of sp³-hybridized carbons (Fsp3) is 0.579. The van der Waals surface area contributed by atoms with Gasteiger partial charge in [-0.25, -0.2) is 0 Å². The van der Waals surface area contributed by atoms with Gasteiger partial charge in [0, 0.05) is 59.1 Å². The first kappa shape index (κ1) is 27.4. The zero-order valence-corrected chi connectivity index (χ0v) is 20.3. The molecule has 6 heteroatoms. The summed E-state index contributed by atoms with van der Waals surface area (Å²) >= 11 is 0. The third-order valence-electron chi connectivity index (χ3n) is 4.31. The topological polar surface area (TPSA) is 74.6 Å². The number of carboxylic acid groups (broad SMARTS) is 2. The van der Waals surface area contributed by atoms with Crippen LogP contribution >= 0.6 is 0 Å². The summed E-state index contributed by atoms with van der Waals surface area (Å²) in [7, 11) is 0. The maximum atomic E-state index is 11.3. The fourth-order valence-electron chi connectivity index (χ4n) is 2.90. The summed E-state index contributed by atoms with van der Waals surface area (Å²) in [6.45, 7) is 6.31. The molecule has 0 saturated heterocycles. The van der Waals surface area contributed by atoms with Crippen molar-refractivity contribution in [3.05, 3.63) is 34.9 Å². The third-order valence-corrected chi connectivity index (χ3v) is 4.31. The Labute approximate surface area is 195 Å². The molecule has 0 aliphatic heterocycles. The van der Waals surface area contributed by atoms with Crippen LogP contribution in [-0.4, -0.2) is 81.3 Å². The molecule has 0 aromatic carbocycles. The van der Waals surface area contributed by atoms with Gasteiger partial charge in [0.2, 0.25) is 0 Å². The van der Waals surface area contributed by atoms with Gasteiger partial charge in [-0.3, -0.25) is 9.59 Å². The minimum atomic E-state index is -1.01. The van der Waals surface area contributed by atoms with E-state index in [0.717, 1.165) is 31.3 Å². The van der Waals surface area contributed by atoms with Crippen LogP contribution in [0.4, 0.5) is 0 Å². The molecule has 0 amide bonds. The predicted molar refractivity (Wildman–Crippen MR) is 103 cm³/mol. The molecule has 2 N–H and O–H groups in total. The molecule has 0 aromatic heterocycles. The van der Waals surface area contributed by atoms with Gasteiger partial charge < -0.3 is 10.2 Å². The van der Waals surface area contributed by atoms with Gasteiger partial charge >= 0.3 is 11.9 Å². The first-order chi connectivity index (χ1) is 10.8. The number of carbonyl (C=O) groups is 2. The summed E-state index contributed by atoms with van der Waals surface area (Å²) in [5, 5.41) is 18.3. The van der Waals surface area contributed by atoms with E-state index in [1.807, 2.05) is 6.08 Å². The number of aliphatic carboxylic acids is 2. The maximum absolute atomic E-state index is 11.3. The molecule has 2 radical (unpaired) electrons. The Morgan fingerprint density at radius 2 is 1.64 bits per heavy atom. The number of carboxylic acids is 2. The van der Waals surface area contributed by atoms with Crippen molar-refractivity contribution in [1.29, 1.82) is 0 Å². The molecule has 2 atom stereocenters. The van der Waals surface area contributed by atoms with Gasteiger partial charge in [-0.2, -0.15) is 0 Å². The van der Waals surface area contributed by atoms with Crippen molar-refractivity contribution in [2.24, 2.45) is 11.8 Å². The van der Waals surface area contributed by atoms with Crippen molar-refractivity contribution in [3.63, 3.8) is 0 Å². The molecule has 0 aromatic rings. The summed E-state index contributed by atoms with van der Waals surface area (Å²) in [6.07, 6.45) is 10.8. The second kappa shape index (κ2) is 14.2. The van der Waals surface area contributed by atoms with E-state index in [1.165, 1.54) is 11.1 Å². The summed E-state index contributed by atoms with van der Waals surface area (Å²) in [5.74, 6) is -3.60. The average molecular weight is 366 g/mol. The fourth-order valence-corrected chi connectivity index (χ4v) is 2.90. The van der Waals surface area contributed by atoms with Gasteiger partial charge in [0.1, 0.15) is 0 Å². The minimum Gasteiger partial charge on any atom is -0.481 e. The van der Waals surface area contributed by atoms with Crippen LogP contribution in [0.25, 0.3) is 0 Å². The van der Waals surface area contributed by atoms with Gasteiger partial charge in [0.25, 0.3) is 0 Å². The van der Waals surface area contributed by atoms with Crippen LogP contribution in [0.15, 0.2) is 34.9 Å². The number of allylic oxidation sites excluding steroid dienone is 6. The monoisotopic (exact) mass is 366 g/mol. The molecule has 0 heterocycles. The van der Waals surface area contributed by atoms with E-state index in [2.05, 4.69) is 32.9 Å². The van der Waals surface area contributed by atoms with Crippen LogP contribution in [0, 0.1) is 11.8 Å². The quantitative estimate of drug-likeness (QED) is 0.506. The van der Waals surface area contributed by atoms with Crippen LogP contribution in [-0.2, 0) is 9.59 Å². The van der Waals surface area contributed by atoms with Crippen LogP contribution in [0.3, 0.4) is 0 Å². The summed E-state index contributed by atoms with van der Waals surface area (Å²) < 4.78 is 0. The Morgan fingerprint density at radius 3 is 2.16 bits per heavy atom. The summed E-state index contributed by atoms with van der Waals surface area (Å²) in [4.78, 5) is 22.4. The first-order valence-electron chi connectivity index (χ1n) is 8.23. The van der Waals surface area contributed by atoms with E-state index in [0.29, 0.717) is 12.8 Å². The van der Waals surface area contributed by atoms with Crippen LogP contribution in [0.2, 0.25) is 0 Å². The van der Waals surface area contributed by atoms with Crippen molar-refractivity contribution in [3.8, 4) is 0 Å². The standard InChI is InChI=1S/C19H28O4.2Na/c1-13(2)6-4-7-14(3)8-5-9-15-10-11-16(18(20)21)17(12-15)19(22)23;;/h6,8,10,16-17H,4-5,7,9,11-12H2,1-3H3,(H,20,21)(H,22,23);;. The molecule has 2 unspecified atom stereocenters. The average Bonchev–Trinajstić information content (AvgIpc) is 2.46. The summed E-state index contributed by atoms with van der Waals surface area (Å²) in [5.41, 5.74) is 3.75. The Morgan fingerprint density at radius 1 is 1.04 bits per heavy atom. The molecule has 25 heavy (non-hydrogen) atoms. The molecule has 130 valence electrons. The molecule has 0 fully saturated rings. The molecule has 0 saturated carbocycles. The van der Waals surface area contributed by atoms with E-state index in [4.69, 9.17) is 5.11 Å². The van der Waals surface area contributed by atoms with Crippen molar-refractivity contribution in [1.82, 2.24) is 0 Å². The zero-order chi connectivity index (χ0) is 17.4. The smallest absolute Gasteiger partial charge is 0.307 e. The number of hydrogen-bond donors (Lipinski definition) is 2. The van der Waals surface area contributed by atoms with Crippen molar-refractivity contribution in [2.75, 3.05) is 0 Å². The van der Waals surface area contributed by atoms with Gasteiger partial charge in [-0.15, -0.1) is 0 Å². The largest absolute Gasteiger partial charge is 0.481 e. The van der Waals surface area contributed by atoms with Gasteiger partial charge in [0.15, 0.2) is 0 Å². The molecule has 0 spiro atoms. The van der Waals surface area contributed by atoms with E-state index >= 15 is 0 Å². The zero-order valence-electron chi connectivity index (χ0n) is 16.3. The van der Waals surface area contributed by atoms with E-state index < -0.39 is 23.8 Å². The summed E-state index contributed by atoms with van der Waals surface area (Å²) in [6, 6.07) is 0. The second-order valence-corrected chi connectivity index (χ2v) is 6.60. The Balaban J connectivity index is 0. The first-order valence-corrected chi connectivity index (χ1v) is 8.23. The van der Waals surface area contributed by atoms with Gasteiger partial charge in [-0.1, -0.05) is 34.9 Å². The molecule has 1 aliphatic carbocycles. The minimum absolute atomic E-state index is 0. The number of hydrogen-bond acceptors (Lipinski definition) is 2. The third kappa shape index (κ3) is 10.8.